The number of benzene rings is 1. The average Bonchev–Trinajstić information content (AvgIpc) is 2.97. The first-order valence-corrected chi connectivity index (χ1v) is 9.12. The standard InChI is InChI=1S/C17H21ClN2S/c18-15(13-9-7-4-8-10-13)17-20-19-16(21-17)14-11-5-2-1-3-6-12-14/h4,7-10,14-15H,1-3,5-6,11-12H2. The molecule has 0 saturated heterocycles. The molecule has 1 heterocycles. The number of hydrogen-bond acceptors (Lipinski definition) is 3. The fourth-order valence-corrected chi connectivity index (χ4v) is 4.32. The van der Waals surface area contributed by atoms with Gasteiger partial charge in [0, 0.05) is 5.92 Å². The van der Waals surface area contributed by atoms with E-state index in [0.29, 0.717) is 5.92 Å². The van der Waals surface area contributed by atoms with Crippen molar-refractivity contribution in [1.82, 2.24) is 10.2 Å². The predicted octanol–water partition coefficient (Wildman–Crippen LogP) is 5.69. The highest BCUT2D eigenvalue weighted by Gasteiger charge is 2.21. The Balaban J connectivity index is 1.73. The molecule has 0 N–H and O–H groups in total. The van der Waals surface area contributed by atoms with Crippen molar-refractivity contribution >= 4 is 22.9 Å². The minimum absolute atomic E-state index is 0.175. The van der Waals surface area contributed by atoms with Crippen molar-refractivity contribution in [2.45, 2.75) is 56.2 Å². The van der Waals surface area contributed by atoms with Crippen LogP contribution in [0.4, 0.5) is 0 Å². The molecule has 1 saturated carbocycles. The Kier molecular flexibility index (Phi) is 5.26. The van der Waals surface area contributed by atoms with E-state index in [2.05, 4.69) is 22.3 Å². The van der Waals surface area contributed by atoms with Crippen LogP contribution in [0.25, 0.3) is 0 Å². The second kappa shape index (κ2) is 7.37. The zero-order valence-electron chi connectivity index (χ0n) is 12.2. The molecular formula is C17H21ClN2S. The van der Waals surface area contributed by atoms with E-state index < -0.39 is 0 Å². The summed E-state index contributed by atoms with van der Waals surface area (Å²) >= 11 is 8.25. The van der Waals surface area contributed by atoms with Gasteiger partial charge in [0.1, 0.15) is 15.4 Å². The third kappa shape index (κ3) is 3.83. The Hall–Kier alpha value is -0.930. The Morgan fingerprint density at radius 2 is 1.62 bits per heavy atom. The quantitative estimate of drug-likeness (QED) is 0.678. The molecule has 4 heteroatoms. The largest absolute Gasteiger partial charge is 0.143 e. The van der Waals surface area contributed by atoms with Gasteiger partial charge in [-0.1, -0.05) is 73.8 Å². The molecule has 21 heavy (non-hydrogen) atoms. The topological polar surface area (TPSA) is 25.8 Å². The van der Waals surface area contributed by atoms with E-state index in [0.717, 1.165) is 10.6 Å². The number of rotatable bonds is 3. The van der Waals surface area contributed by atoms with Gasteiger partial charge >= 0.3 is 0 Å². The maximum Gasteiger partial charge on any atom is 0.139 e. The SMILES string of the molecule is ClC(c1ccccc1)c1nnc(C2CCCCCCC2)s1. The second-order valence-electron chi connectivity index (χ2n) is 5.79. The molecule has 1 atom stereocenters. The van der Waals surface area contributed by atoms with Crippen molar-refractivity contribution in [2.75, 3.05) is 0 Å². The fraction of sp³-hybridized carbons (Fsp3) is 0.529. The third-order valence-corrected chi connectivity index (χ3v) is 5.96. The smallest absolute Gasteiger partial charge is 0.139 e. The van der Waals surface area contributed by atoms with Gasteiger partial charge in [-0.05, 0) is 18.4 Å². The van der Waals surface area contributed by atoms with E-state index in [1.54, 1.807) is 11.3 Å². The lowest BCUT2D eigenvalue weighted by molar-refractivity contribution is 0.453. The van der Waals surface area contributed by atoms with Crippen LogP contribution in [0.5, 0.6) is 0 Å². The van der Waals surface area contributed by atoms with Crippen LogP contribution < -0.4 is 0 Å². The van der Waals surface area contributed by atoms with E-state index in [4.69, 9.17) is 11.6 Å². The van der Waals surface area contributed by atoms with Gasteiger partial charge in [-0.3, -0.25) is 0 Å². The molecule has 2 nitrogen and oxygen atoms in total. The van der Waals surface area contributed by atoms with Crippen LogP contribution >= 0.6 is 22.9 Å². The number of nitrogens with zero attached hydrogens (tertiary/aromatic N) is 2. The Labute approximate surface area is 135 Å². The van der Waals surface area contributed by atoms with E-state index in [-0.39, 0.29) is 5.38 Å². The third-order valence-electron chi connectivity index (χ3n) is 4.22. The molecule has 0 aliphatic heterocycles. The summed E-state index contributed by atoms with van der Waals surface area (Å²) in [6, 6.07) is 10.1. The minimum atomic E-state index is -0.175. The summed E-state index contributed by atoms with van der Waals surface area (Å²) in [5, 5.41) is 10.7. The predicted molar refractivity (Wildman–Crippen MR) is 89.1 cm³/mol. The lowest BCUT2D eigenvalue weighted by Gasteiger charge is -2.16. The van der Waals surface area contributed by atoms with Crippen molar-refractivity contribution in [2.24, 2.45) is 0 Å². The summed E-state index contributed by atoms with van der Waals surface area (Å²) < 4.78 is 0. The van der Waals surface area contributed by atoms with Crippen LogP contribution in [0, 0.1) is 0 Å². The number of aromatic nitrogens is 2. The summed E-state index contributed by atoms with van der Waals surface area (Å²) in [4.78, 5) is 0. The van der Waals surface area contributed by atoms with E-state index in [9.17, 15) is 0 Å². The lowest BCUT2D eigenvalue weighted by Crippen LogP contribution is -2.01. The van der Waals surface area contributed by atoms with Gasteiger partial charge in [-0.2, -0.15) is 0 Å². The van der Waals surface area contributed by atoms with Crippen LogP contribution in [0.1, 0.15) is 71.8 Å². The second-order valence-corrected chi connectivity index (χ2v) is 7.27. The molecule has 112 valence electrons. The maximum absolute atomic E-state index is 6.55. The molecule has 0 bridgehead atoms. The van der Waals surface area contributed by atoms with Crippen molar-refractivity contribution < 1.29 is 0 Å². The van der Waals surface area contributed by atoms with Crippen molar-refractivity contribution in [3.05, 3.63) is 45.9 Å². The van der Waals surface area contributed by atoms with Crippen molar-refractivity contribution in [3.63, 3.8) is 0 Å². The molecule has 1 aromatic heterocycles. The van der Waals surface area contributed by atoms with E-state index in [1.807, 2.05) is 18.2 Å². The highest BCUT2D eigenvalue weighted by Crippen LogP contribution is 2.36. The summed E-state index contributed by atoms with van der Waals surface area (Å²) in [7, 11) is 0. The van der Waals surface area contributed by atoms with E-state index >= 15 is 0 Å². The highest BCUT2D eigenvalue weighted by atomic mass is 35.5. The lowest BCUT2D eigenvalue weighted by atomic mass is 9.92. The maximum atomic E-state index is 6.55. The number of alkyl halides is 1. The Bertz CT molecular complexity index is 547. The van der Waals surface area contributed by atoms with Gasteiger partial charge in [0.25, 0.3) is 0 Å². The molecule has 1 aromatic carbocycles. The average molecular weight is 321 g/mol. The van der Waals surface area contributed by atoms with Gasteiger partial charge in [0.15, 0.2) is 0 Å². The van der Waals surface area contributed by atoms with Crippen LogP contribution in [-0.4, -0.2) is 10.2 Å². The monoisotopic (exact) mass is 320 g/mol. The Morgan fingerprint density at radius 1 is 0.952 bits per heavy atom. The van der Waals surface area contributed by atoms with Crippen LogP contribution in [0.15, 0.2) is 30.3 Å². The molecule has 1 unspecified atom stereocenters. The summed E-state index contributed by atoms with van der Waals surface area (Å²) in [6.45, 7) is 0. The van der Waals surface area contributed by atoms with Crippen molar-refractivity contribution in [3.8, 4) is 0 Å². The molecule has 1 fully saturated rings. The summed E-state index contributed by atoms with van der Waals surface area (Å²) in [5.74, 6) is 0.594. The normalized spacial score (nSPS) is 18.9. The van der Waals surface area contributed by atoms with E-state index in [1.165, 1.54) is 50.0 Å². The van der Waals surface area contributed by atoms with Crippen LogP contribution in [-0.2, 0) is 0 Å². The van der Waals surface area contributed by atoms with Gasteiger partial charge < -0.3 is 0 Å². The first kappa shape index (κ1) is 15.0. The zero-order chi connectivity index (χ0) is 14.5. The Morgan fingerprint density at radius 3 is 2.33 bits per heavy atom. The number of hydrogen-bond donors (Lipinski definition) is 0. The number of halogens is 1. The van der Waals surface area contributed by atoms with Gasteiger partial charge in [0.2, 0.25) is 0 Å². The van der Waals surface area contributed by atoms with Crippen LogP contribution in [0.2, 0.25) is 0 Å². The molecule has 1 aliphatic rings. The summed E-state index contributed by atoms with van der Waals surface area (Å²) in [6.07, 6.45) is 9.28. The molecule has 3 rings (SSSR count). The van der Waals surface area contributed by atoms with Gasteiger partial charge in [-0.25, -0.2) is 0 Å². The molecular weight excluding hydrogens is 300 g/mol. The molecule has 0 amide bonds. The minimum Gasteiger partial charge on any atom is -0.143 e. The zero-order valence-corrected chi connectivity index (χ0v) is 13.7. The highest BCUT2D eigenvalue weighted by molar-refractivity contribution is 7.11. The first-order valence-electron chi connectivity index (χ1n) is 7.87. The van der Waals surface area contributed by atoms with Crippen LogP contribution in [0.3, 0.4) is 0 Å². The van der Waals surface area contributed by atoms with Gasteiger partial charge in [0.05, 0.1) is 0 Å². The molecule has 2 aromatic rings. The molecule has 1 aliphatic carbocycles. The van der Waals surface area contributed by atoms with Gasteiger partial charge in [-0.15, -0.1) is 21.8 Å². The fourth-order valence-electron chi connectivity index (χ4n) is 2.98. The molecule has 0 spiro atoms. The first-order chi connectivity index (χ1) is 10.3. The summed E-state index contributed by atoms with van der Waals surface area (Å²) in [5.41, 5.74) is 1.10. The molecule has 0 radical (unpaired) electrons. The van der Waals surface area contributed by atoms with Crippen molar-refractivity contribution in [1.29, 1.82) is 0 Å².